The van der Waals surface area contributed by atoms with Gasteiger partial charge in [0.15, 0.2) is 17.5 Å². The average Bonchev–Trinajstić information content (AvgIpc) is 2.74. The number of aryl methyl sites for hydroxylation is 1. The van der Waals surface area contributed by atoms with E-state index in [2.05, 4.69) is 19.1 Å². The first-order chi connectivity index (χ1) is 14.1. The van der Waals surface area contributed by atoms with E-state index in [4.69, 9.17) is 0 Å². The van der Waals surface area contributed by atoms with Gasteiger partial charge < -0.3 is 0 Å². The fraction of sp³-hybridized carbons (Fsp3) is 0.308. The van der Waals surface area contributed by atoms with Crippen molar-refractivity contribution in [1.82, 2.24) is 0 Å². The van der Waals surface area contributed by atoms with Crippen molar-refractivity contribution in [2.24, 2.45) is 0 Å². The first-order valence-electron chi connectivity index (χ1n) is 10.4. The van der Waals surface area contributed by atoms with Gasteiger partial charge in [-0.3, -0.25) is 0 Å². The van der Waals surface area contributed by atoms with Gasteiger partial charge in [-0.05, 0) is 52.8 Å². The van der Waals surface area contributed by atoms with Crippen LogP contribution in [0.25, 0.3) is 22.3 Å². The fourth-order valence-corrected chi connectivity index (χ4v) is 3.66. The minimum absolute atomic E-state index is 0.327. The number of rotatable bonds is 9. The maximum absolute atomic E-state index is 13.7. The molecule has 3 rings (SSSR count). The lowest BCUT2D eigenvalue weighted by molar-refractivity contribution is 0.448. The summed E-state index contributed by atoms with van der Waals surface area (Å²) in [6.07, 6.45) is 8.69. The lowest BCUT2D eigenvalue weighted by atomic mass is 9.93. The van der Waals surface area contributed by atoms with Crippen LogP contribution in [0, 0.1) is 17.5 Å². The molecule has 0 N–H and O–H groups in total. The van der Waals surface area contributed by atoms with Crippen LogP contribution in [-0.4, -0.2) is 0 Å². The van der Waals surface area contributed by atoms with E-state index in [1.165, 1.54) is 44.1 Å². The molecular formula is C26H27F3. The van der Waals surface area contributed by atoms with Crippen molar-refractivity contribution < 1.29 is 13.2 Å². The molecular weight excluding hydrogens is 369 g/mol. The highest BCUT2D eigenvalue weighted by atomic mass is 19.2. The first-order valence-corrected chi connectivity index (χ1v) is 10.4. The Bertz CT molecular complexity index is 906. The van der Waals surface area contributed by atoms with Crippen molar-refractivity contribution >= 4 is 0 Å². The van der Waals surface area contributed by atoms with Crippen LogP contribution in [0.2, 0.25) is 0 Å². The third kappa shape index (κ3) is 5.50. The number of hydrogen-bond acceptors (Lipinski definition) is 0. The summed E-state index contributed by atoms with van der Waals surface area (Å²) in [4.78, 5) is 0. The van der Waals surface area contributed by atoms with E-state index in [1.54, 1.807) is 6.07 Å². The fourth-order valence-electron chi connectivity index (χ4n) is 3.66. The summed E-state index contributed by atoms with van der Waals surface area (Å²) in [6.45, 7) is 2.22. The van der Waals surface area contributed by atoms with E-state index in [1.807, 2.05) is 30.3 Å². The van der Waals surface area contributed by atoms with Gasteiger partial charge in [0, 0.05) is 0 Å². The third-order valence-electron chi connectivity index (χ3n) is 5.31. The smallest absolute Gasteiger partial charge is 0.194 e. The van der Waals surface area contributed by atoms with Crippen molar-refractivity contribution in [3.8, 4) is 22.3 Å². The Hall–Kier alpha value is -2.55. The van der Waals surface area contributed by atoms with Crippen molar-refractivity contribution in [3.63, 3.8) is 0 Å². The highest BCUT2D eigenvalue weighted by Gasteiger charge is 2.14. The Morgan fingerprint density at radius 3 is 1.79 bits per heavy atom. The van der Waals surface area contributed by atoms with Gasteiger partial charge >= 0.3 is 0 Å². The minimum atomic E-state index is -1.44. The highest BCUT2D eigenvalue weighted by molar-refractivity contribution is 5.83. The Morgan fingerprint density at radius 1 is 0.621 bits per heavy atom. The molecule has 0 aliphatic rings. The van der Waals surface area contributed by atoms with Gasteiger partial charge in [0.2, 0.25) is 0 Å². The van der Waals surface area contributed by atoms with Gasteiger partial charge in [0.1, 0.15) is 0 Å². The summed E-state index contributed by atoms with van der Waals surface area (Å²) in [5.41, 5.74) is 4.13. The van der Waals surface area contributed by atoms with Gasteiger partial charge in [-0.2, -0.15) is 0 Å². The van der Waals surface area contributed by atoms with E-state index in [0.717, 1.165) is 29.7 Å². The SMILES string of the molecule is CCCCCCCCc1ccc(-c2ccccc2-c2cc(F)c(F)c(F)c2)cc1. The topological polar surface area (TPSA) is 0 Å². The zero-order valence-electron chi connectivity index (χ0n) is 16.9. The molecule has 0 aromatic heterocycles. The molecule has 0 radical (unpaired) electrons. The monoisotopic (exact) mass is 396 g/mol. The van der Waals surface area contributed by atoms with Crippen molar-refractivity contribution in [2.45, 2.75) is 51.9 Å². The molecule has 0 nitrogen and oxygen atoms in total. The van der Waals surface area contributed by atoms with E-state index in [-0.39, 0.29) is 0 Å². The van der Waals surface area contributed by atoms with Crippen molar-refractivity contribution in [3.05, 3.63) is 83.7 Å². The van der Waals surface area contributed by atoms with Crippen LogP contribution in [0.1, 0.15) is 51.0 Å². The predicted molar refractivity (Wildman–Crippen MR) is 114 cm³/mol. The Kier molecular flexibility index (Phi) is 7.51. The van der Waals surface area contributed by atoms with Crippen LogP contribution >= 0.6 is 0 Å². The summed E-state index contributed by atoms with van der Waals surface area (Å²) in [5.74, 6) is -3.79. The number of halogens is 3. The second-order valence-corrected chi connectivity index (χ2v) is 7.51. The number of hydrogen-bond donors (Lipinski definition) is 0. The molecule has 3 heteroatoms. The van der Waals surface area contributed by atoms with E-state index < -0.39 is 17.5 Å². The molecule has 0 heterocycles. The standard InChI is InChI=1S/C26H27F3/c1-2-3-4-5-6-7-10-19-13-15-20(16-14-19)22-11-8-9-12-23(22)21-17-24(27)26(29)25(28)18-21/h8-9,11-18H,2-7,10H2,1H3. The summed E-state index contributed by atoms with van der Waals surface area (Å²) in [7, 11) is 0. The molecule has 3 aromatic rings. The quantitative estimate of drug-likeness (QED) is 0.252. The van der Waals surface area contributed by atoms with Crippen LogP contribution in [-0.2, 0) is 6.42 Å². The summed E-state index contributed by atoms with van der Waals surface area (Å²) in [5, 5.41) is 0. The lowest BCUT2D eigenvalue weighted by Crippen LogP contribution is -1.93. The van der Waals surface area contributed by atoms with Crippen LogP contribution < -0.4 is 0 Å². The molecule has 0 fully saturated rings. The number of unbranched alkanes of at least 4 members (excludes halogenated alkanes) is 5. The Labute approximate surface area is 171 Å². The second kappa shape index (κ2) is 10.3. The van der Waals surface area contributed by atoms with Gasteiger partial charge in [-0.1, -0.05) is 87.6 Å². The normalized spacial score (nSPS) is 11.0. The molecule has 3 aromatic carbocycles. The third-order valence-corrected chi connectivity index (χ3v) is 5.31. The summed E-state index contributed by atoms with van der Waals surface area (Å²) in [6, 6.07) is 17.8. The molecule has 0 aliphatic heterocycles. The number of benzene rings is 3. The molecule has 0 bridgehead atoms. The Balaban J connectivity index is 1.75. The van der Waals surface area contributed by atoms with E-state index >= 15 is 0 Å². The van der Waals surface area contributed by atoms with Crippen LogP contribution in [0.3, 0.4) is 0 Å². The maximum atomic E-state index is 13.7. The predicted octanol–water partition coefficient (Wildman–Crippen LogP) is 8.34. The minimum Gasteiger partial charge on any atom is -0.204 e. The Morgan fingerprint density at radius 2 is 1.17 bits per heavy atom. The van der Waals surface area contributed by atoms with Crippen molar-refractivity contribution in [2.75, 3.05) is 0 Å². The van der Waals surface area contributed by atoms with Gasteiger partial charge in [-0.15, -0.1) is 0 Å². The first kappa shape index (κ1) is 21.2. The molecule has 152 valence electrons. The molecule has 0 saturated heterocycles. The van der Waals surface area contributed by atoms with E-state index in [9.17, 15) is 13.2 Å². The zero-order chi connectivity index (χ0) is 20.6. The summed E-state index contributed by atoms with van der Waals surface area (Å²) >= 11 is 0. The van der Waals surface area contributed by atoms with E-state index in [0.29, 0.717) is 11.1 Å². The highest BCUT2D eigenvalue weighted by Crippen LogP contribution is 2.33. The zero-order valence-corrected chi connectivity index (χ0v) is 16.9. The molecule has 0 unspecified atom stereocenters. The van der Waals surface area contributed by atoms with Crippen LogP contribution in [0.4, 0.5) is 13.2 Å². The van der Waals surface area contributed by atoms with Crippen LogP contribution in [0.15, 0.2) is 60.7 Å². The summed E-state index contributed by atoms with van der Waals surface area (Å²) < 4.78 is 40.8. The van der Waals surface area contributed by atoms with Gasteiger partial charge in [-0.25, -0.2) is 13.2 Å². The molecule has 0 atom stereocenters. The molecule has 0 spiro atoms. The van der Waals surface area contributed by atoms with Crippen LogP contribution in [0.5, 0.6) is 0 Å². The maximum Gasteiger partial charge on any atom is 0.194 e. The lowest BCUT2D eigenvalue weighted by Gasteiger charge is -2.12. The second-order valence-electron chi connectivity index (χ2n) is 7.51. The molecule has 29 heavy (non-hydrogen) atoms. The van der Waals surface area contributed by atoms with Gasteiger partial charge in [0.05, 0.1) is 0 Å². The largest absolute Gasteiger partial charge is 0.204 e. The average molecular weight is 396 g/mol. The van der Waals surface area contributed by atoms with Crippen molar-refractivity contribution in [1.29, 1.82) is 0 Å². The van der Waals surface area contributed by atoms with Gasteiger partial charge in [0.25, 0.3) is 0 Å². The molecule has 0 amide bonds. The molecule has 0 saturated carbocycles. The molecule has 0 aliphatic carbocycles.